The van der Waals surface area contributed by atoms with Crippen molar-refractivity contribution in [2.45, 2.75) is 13.0 Å². The van der Waals surface area contributed by atoms with Crippen LogP contribution in [0.1, 0.15) is 11.1 Å². The van der Waals surface area contributed by atoms with Gasteiger partial charge < -0.3 is 20.5 Å². The Balaban J connectivity index is 1.64. The summed E-state index contributed by atoms with van der Waals surface area (Å²) in [5.74, 6) is 1.83. The van der Waals surface area contributed by atoms with Gasteiger partial charge in [-0.3, -0.25) is 0 Å². The van der Waals surface area contributed by atoms with Crippen molar-refractivity contribution in [2.75, 3.05) is 24.3 Å². The lowest BCUT2D eigenvalue weighted by Gasteiger charge is -2.11. The maximum atomic E-state index is 9.24. The molecule has 0 spiro atoms. The van der Waals surface area contributed by atoms with Crippen molar-refractivity contribution in [3.63, 3.8) is 0 Å². The number of ether oxygens (including phenoxy) is 1. The highest BCUT2D eigenvalue weighted by Crippen LogP contribution is 2.22. The van der Waals surface area contributed by atoms with Crippen LogP contribution in [0.5, 0.6) is 5.75 Å². The van der Waals surface area contributed by atoms with Gasteiger partial charge >= 0.3 is 0 Å². The van der Waals surface area contributed by atoms with E-state index in [2.05, 4.69) is 20.6 Å². The summed E-state index contributed by atoms with van der Waals surface area (Å²) in [6, 6.07) is 15.4. The average molecular weight is 385 g/mol. The van der Waals surface area contributed by atoms with Gasteiger partial charge in [0.1, 0.15) is 10.8 Å². The van der Waals surface area contributed by atoms with Crippen molar-refractivity contribution in [3.8, 4) is 5.75 Å². The highest BCUT2D eigenvalue weighted by atomic mass is 35.5. The number of hydrogen-bond acceptors (Lipinski definition) is 6. The Morgan fingerprint density at radius 2 is 1.93 bits per heavy atom. The summed E-state index contributed by atoms with van der Waals surface area (Å²) < 4.78 is 5.24. The summed E-state index contributed by atoms with van der Waals surface area (Å²) in [6.07, 6.45) is 2.36. The van der Waals surface area contributed by atoms with Crippen molar-refractivity contribution in [2.24, 2.45) is 0 Å². The van der Waals surface area contributed by atoms with Crippen LogP contribution in [0.2, 0.25) is 5.02 Å². The average Bonchev–Trinajstić information content (AvgIpc) is 2.70. The molecule has 27 heavy (non-hydrogen) atoms. The summed E-state index contributed by atoms with van der Waals surface area (Å²) in [7, 11) is 1.66. The van der Waals surface area contributed by atoms with E-state index < -0.39 is 0 Å². The van der Waals surface area contributed by atoms with Crippen LogP contribution in [0.15, 0.2) is 54.7 Å². The SMILES string of the molecule is COc1cccc(CCNc2nc(Nc3cccc(CO)c3)ncc2Cl)c1. The lowest BCUT2D eigenvalue weighted by molar-refractivity contribution is 0.282. The molecule has 0 aliphatic rings. The molecule has 0 aliphatic carbocycles. The lowest BCUT2D eigenvalue weighted by Crippen LogP contribution is -2.08. The van der Waals surface area contributed by atoms with Crippen LogP contribution >= 0.6 is 11.6 Å². The molecule has 2 aromatic carbocycles. The predicted octanol–water partition coefficient (Wildman–Crippen LogP) is 4.03. The summed E-state index contributed by atoms with van der Waals surface area (Å²) in [6.45, 7) is 0.650. The Bertz CT molecular complexity index is 905. The molecule has 3 N–H and O–H groups in total. The van der Waals surface area contributed by atoms with E-state index in [0.717, 1.165) is 29.0 Å². The van der Waals surface area contributed by atoms with Gasteiger partial charge in [0.05, 0.1) is 19.9 Å². The first-order valence-corrected chi connectivity index (χ1v) is 8.92. The van der Waals surface area contributed by atoms with Gasteiger partial charge in [-0.15, -0.1) is 0 Å². The normalized spacial score (nSPS) is 10.5. The Kier molecular flexibility index (Phi) is 6.46. The molecule has 0 unspecified atom stereocenters. The highest BCUT2D eigenvalue weighted by Gasteiger charge is 2.06. The van der Waals surface area contributed by atoms with Gasteiger partial charge in [-0.05, 0) is 41.8 Å². The molecule has 7 heteroatoms. The second-order valence-electron chi connectivity index (χ2n) is 5.90. The predicted molar refractivity (Wildman–Crippen MR) is 108 cm³/mol. The van der Waals surface area contributed by atoms with Gasteiger partial charge in [0.25, 0.3) is 0 Å². The van der Waals surface area contributed by atoms with Crippen molar-refractivity contribution in [1.29, 1.82) is 0 Å². The van der Waals surface area contributed by atoms with Gasteiger partial charge in [0, 0.05) is 12.2 Å². The quantitative estimate of drug-likeness (QED) is 0.544. The van der Waals surface area contributed by atoms with Crippen LogP contribution in [-0.2, 0) is 13.0 Å². The second kappa shape index (κ2) is 9.21. The van der Waals surface area contributed by atoms with Gasteiger partial charge in [-0.2, -0.15) is 4.98 Å². The zero-order valence-electron chi connectivity index (χ0n) is 14.9. The smallest absolute Gasteiger partial charge is 0.229 e. The number of benzene rings is 2. The van der Waals surface area contributed by atoms with Gasteiger partial charge in [-0.1, -0.05) is 35.9 Å². The first kappa shape index (κ1) is 18.9. The van der Waals surface area contributed by atoms with Gasteiger partial charge in [0.2, 0.25) is 5.95 Å². The summed E-state index contributed by atoms with van der Waals surface area (Å²) in [5, 5.41) is 16.1. The summed E-state index contributed by atoms with van der Waals surface area (Å²) in [5.41, 5.74) is 2.77. The number of hydrogen-bond donors (Lipinski definition) is 3. The van der Waals surface area contributed by atoms with E-state index in [-0.39, 0.29) is 6.61 Å². The van der Waals surface area contributed by atoms with Gasteiger partial charge in [-0.25, -0.2) is 4.98 Å². The Morgan fingerprint density at radius 1 is 1.11 bits per heavy atom. The Labute approximate surface area is 163 Å². The molecule has 140 valence electrons. The summed E-state index contributed by atoms with van der Waals surface area (Å²) in [4.78, 5) is 8.64. The number of halogens is 1. The fraction of sp³-hybridized carbons (Fsp3) is 0.200. The number of rotatable bonds is 8. The van der Waals surface area contributed by atoms with E-state index in [0.29, 0.717) is 23.3 Å². The van der Waals surface area contributed by atoms with E-state index in [9.17, 15) is 5.11 Å². The Morgan fingerprint density at radius 3 is 2.74 bits per heavy atom. The molecule has 0 bridgehead atoms. The second-order valence-corrected chi connectivity index (χ2v) is 6.31. The maximum Gasteiger partial charge on any atom is 0.229 e. The minimum Gasteiger partial charge on any atom is -0.497 e. The Hall–Kier alpha value is -2.83. The molecule has 3 rings (SSSR count). The first-order valence-electron chi connectivity index (χ1n) is 8.54. The fourth-order valence-electron chi connectivity index (χ4n) is 2.58. The van der Waals surface area contributed by atoms with Crippen molar-refractivity contribution in [3.05, 3.63) is 70.9 Å². The number of aliphatic hydroxyl groups is 1. The molecule has 0 amide bonds. The lowest BCUT2D eigenvalue weighted by atomic mass is 10.1. The third-order valence-electron chi connectivity index (χ3n) is 3.95. The van der Waals surface area contributed by atoms with E-state index in [1.165, 1.54) is 0 Å². The van der Waals surface area contributed by atoms with E-state index in [1.54, 1.807) is 13.3 Å². The molecular weight excluding hydrogens is 364 g/mol. The van der Waals surface area contributed by atoms with Crippen molar-refractivity contribution in [1.82, 2.24) is 9.97 Å². The van der Waals surface area contributed by atoms with Crippen molar-refractivity contribution < 1.29 is 9.84 Å². The van der Waals surface area contributed by atoms with E-state index in [4.69, 9.17) is 16.3 Å². The van der Waals surface area contributed by atoms with E-state index in [1.807, 2.05) is 48.5 Å². The molecule has 0 fully saturated rings. The largest absolute Gasteiger partial charge is 0.497 e. The molecular formula is C20H21ClN4O2. The van der Waals surface area contributed by atoms with Crippen LogP contribution in [0.3, 0.4) is 0 Å². The van der Waals surface area contributed by atoms with Crippen LogP contribution in [0, 0.1) is 0 Å². The third kappa shape index (κ3) is 5.32. The summed E-state index contributed by atoms with van der Waals surface area (Å²) >= 11 is 6.21. The molecule has 0 radical (unpaired) electrons. The van der Waals surface area contributed by atoms with E-state index >= 15 is 0 Å². The van der Waals surface area contributed by atoms with Crippen molar-refractivity contribution >= 4 is 29.1 Å². The number of nitrogens with zero attached hydrogens (tertiary/aromatic N) is 2. The highest BCUT2D eigenvalue weighted by molar-refractivity contribution is 6.32. The monoisotopic (exact) mass is 384 g/mol. The molecule has 0 atom stereocenters. The minimum atomic E-state index is -0.0198. The standard InChI is InChI=1S/C20H21ClN4O2/c1-27-17-7-3-4-14(11-17)8-9-22-19-18(21)12-23-20(25-19)24-16-6-2-5-15(10-16)13-26/h2-7,10-12,26H,8-9,13H2,1H3,(H2,22,23,24,25). The molecule has 1 aromatic heterocycles. The third-order valence-corrected chi connectivity index (χ3v) is 4.23. The zero-order chi connectivity index (χ0) is 19.1. The van der Waals surface area contributed by atoms with Crippen LogP contribution in [-0.4, -0.2) is 28.7 Å². The van der Waals surface area contributed by atoms with Gasteiger partial charge in [0.15, 0.2) is 5.82 Å². The molecule has 3 aromatic rings. The molecule has 6 nitrogen and oxygen atoms in total. The molecule has 0 saturated heterocycles. The molecule has 0 aliphatic heterocycles. The number of anilines is 3. The minimum absolute atomic E-state index is 0.0198. The number of nitrogens with one attached hydrogen (secondary N) is 2. The van der Waals surface area contributed by atoms with Crippen LogP contribution in [0.4, 0.5) is 17.5 Å². The van der Waals surface area contributed by atoms with Crippen LogP contribution < -0.4 is 15.4 Å². The first-order chi connectivity index (χ1) is 13.2. The molecule has 0 saturated carbocycles. The van der Waals surface area contributed by atoms with Crippen LogP contribution in [0.25, 0.3) is 0 Å². The number of aliphatic hydroxyl groups excluding tert-OH is 1. The fourth-order valence-corrected chi connectivity index (χ4v) is 2.74. The number of aromatic nitrogens is 2. The zero-order valence-corrected chi connectivity index (χ0v) is 15.7. The molecule has 1 heterocycles. The topological polar surface area (TPSA) is 79.3 Å². The maximum absolute atomic E-state index is 9.24. The number of methoxy groups -OCH3 is 1.